The van der Waals surface area contributed by atoms with E-state index in [0.717, 1.165) is 24.1 Å². The van der Waals surface area contributed by atoms with Crippen LogP contribution in [0.3, 0.4) is 0 Å². The molecule has 0 aliphatic heterocycles. The fourth-order valence-corrected chi connectivity index (χ4v) is 0.909. The molecule has 0 saturated carbocycles. The molecule has 0 aromatic carbocycles. The van der Waals surface area contributed by atoms with Crippen LogP contribution in [-0.2, 0) is 0 Å². The van der Waals surface area contributed by atoms with Gasteiger partial charge in [-0.25, -0.2) is 0 Å². The van der Waals surface area contributed by atoms with E-state index in [2.05, 4.69) is 28.2 Å². The van der Waals surface area contributed by atoms with Crippen molar-refractivity contribution in [3.05, 3.63) is 0 Å². The maximum atomic E-state index is 8.74. The smallest absolute Gasteiger partial charge is 0.128 e. The summed E-state index contributed by atoms with van der Waals surface area (Å²) in [6.45, 7) is 3.43. The Labute approximate surface area is 103 Å². The first-order valence-corrected chi connectivity index (χ1v) is 4.20. The van der Waals surface area contributed by atoms with E-state index in [1.165, 1.54) is 4.90 Å². The zero-order chi connectivity index (χ0) is 8.91. The van der Waals surface area contributed by atoms with E-state index in [4.69, 9.17) is 5.11 Å². The third kappa shape index (κ3) is 12.8. The molecule has 0 bridgehead atoms. The number of likely N-dealkylation sites (N-methyl/N-ethyl adjacent to an activating group) is 2. The number of nitrogens with zero attached hydrogens (tertiary/aromatic N) is 1. The van der Waals surface area contributed by atoms with Gasteiger partial charge in [-0.3, -0.25) is 0 Å². The van der Waals surface area contributed by atoms with Gasteiger partial charge < -0.3 is 48.5 Å². The molecule has 0 rings (SSSR count). The fraction of sp³-hybridized carbons (Fsp3) is 1.00. The molecule has 0 amide bonds. The Kier molecular flexibility index (Phi) is 14.0. The van der Waals surface area contributed by atoms with Gasteiger partial charge in [-0.1, -0.05) is 0 Å². The van der Waals surface area contributed by atoms with E-state index >= 15 is 0 Å². The van der Waals surface area contributed by atoms with Gasteiger partial charge in [0.25, 0.3) is 0 Å². The zero-order valence-electron chi connectivity index (χ0n) is 8.98. The van der Waals surface area contributed by atoms with Crippen LogP contribution in [0.25, 0.3) is 0 Å². The summed E-state index contributed by atoms with van der Waals surface area (Å²) in [6.07, 6.45) is 0. The van der Waals surface area contributed by atoms with Crippen molar-refractivity contribution in [2.24, 2.45) is 0 Å². The van der Waals surface area contributed by atoms with Crippen LogP contribution in [0.15, 0.2) is 0 Å². The van der Waals surface area contributed by atoms with Gasteiger partial charge in [0, 0.05) is 0 Å². The molecule has 5 heteroatoms. The second-order valence-corrected chi connectivity index (χ2v) is 4.06. The predicted molar refractivity (Wildman–Crippen MR) is 46.6 cm³/mol. The molecular weight excluding hydrogens is 300 g/mol. The lowest BCUT2D eigenvalue weighted by Crippen LogP contribution is -3.06. The van der Waals surface area contributed by atoms with Crippen molar-refractivity contribution in [3.63, 3.8) is 0 Å². The molecule has 0 spiro atoms. The lowest BCUT2D eigenvalue weighted by Gasteiger charge is -2.28. The van der Waals surface area contributed by atoms with Gasteiger partial charge in [-0.2, -0.15) is 0 Å². The summed E-state index contributed by atoms with van der Waals surface area (Å²) in [5.74, 6) is 0. The average Bonchev–Trinajstić information content (AvgIpc) is 1.84. The molecule has 3 nitrogen and oxygen atoms in total. The monoisotopic (exact) mass is 320 g/mol. The number of hydrogen-bond donors (Lipinski definition) is 2. The van der Waals surface area contributed by atoms with E-state index in [1.54, 1.807) is 0 Å². The van der Waals surface area contributed by atoms with Crippen LogP contribution >= 0.6 is 0 Å². The molecule has 0 radical (unpaired) electrons. The number of nitrogens with one attached hydrogen (secondary N) is 1. The SMILES string of the molecule is C[NH+](C)CC[N+](C)(C)CCO.[Br-].[Br-]. The van der Waals surface area contributed by atoms with E-state index in [9.17, 15) is 0 Å². The van der Waals surface area contributed by atoms with Crippen LogP contribution in [0.5, 0.6) is 0 Å². The maximum absolute atomic E-state index is 8.74. The van der Waals surface area contributed by atoms with Crippen molar-refractivity contribution in [2.45, 2.75) is 0 Å². The molecule has 84 valence electrons. The lowest BCUT2D eigenvalue weighted by molar-refractivity contribution is -0.934. The van der Waals surface area contributed by atoms with Gasteiger partial charge in [-0.15, -0.1) is 0 Å². The molecular formula is C8H22Br2N2O. The molecule has 0 aromatic rings. The van der Waals surface area contributed by atoms with E-state index in [-0.39, 0.29) is 40.6 Å². The Morgan fingerprint density at radius 2 is 1.54 bits per heavy atom. The molecule has 2 N–H and O–H groups in total. The van der Waals surface area contributed by atoms with E-state index < -0.39 is 0 Å². The highest BCUT2D eigenvalue weighted by atomic mass is 79.9. The first kappa shape index (κ1) is 19.4. The number of aliphatic hydroxyl groups is 1. The number of quaternary nitrogens is 2. The van der Waals surface area contributed by atoms with Gasteiger partial charge in [0.1, 0.15) is 19.6 Å². The average molecular weight is 322 g/mol. The Bertz CT molecular complexity index is 110. The van der Waals surface area contributed by atoms with Gasteiger partial charge in [-0.05, 0) is 0 Å². The van der Waals surface area contributed by atoms with Gasteiger partial charge >= 0.3 is 0 Å². The molecule has 13 heavy (non-hydrogen) atoms. The van der Waals surface area contributed by atoms with Crippen LogP contribution in [0.4, 0.5) is 0 Å². The minimum absolute atomic E-state index is 0. The maximum Gasteiger partial charge on any atom is 0.128 e. The number of aliphatic hydroxyl groups excluding tert-OH is 1. The number of hydrogen-bond acceptors (Lipinski definition) is 1. The normalized spacial score (nSPS) is 10.6. The Morgan fingerprint density at radius 1 is 1.08 bits per heavy atom. The molecule has 0 aliphatic carbocycles. The van der Waals surface area contributed by atoms with Gasteiger partial charge in [0.15, 0.2) is 0 Å². The van der Waals surface area contributed by atoms with Crippen molar-refractivity contribution < 1.29 is 48.5 Å². The summed E-state index contributed by atoms with van der Waals surface area (Å²) in [7, 11) is 8.61. The van der Waals surface area contributed by atoms with Crippen LogP contribution < -0.4 is 38.9 Å². The largest absolute Gasteiger partial charge is 1.00 e. The molecule has 0 unspecified atom stereocenters. The molecule has 0 heterocycles. The number of halogens is 2. The molecule has 0 fully saturated rings. The highest BCUT2D eigenvalue weighted by Gasteiger charge is 2.14. The molecule has 0 atom stereocenters. The predicted octanol–water partition coefficient (Wildman–Crippen LogP) is -7.79. The van der Waals surface area contributed by atoms with Crippen LogP contribution in [0, 0.1) is 0 Å². The Balaban J connectivity index is -0.000000500. The third-order valence-electron chi connectivity index (χ3n) is 1.92. The molecule has 0 saturated heterocycles. The van der Waals surface area contributed by atoms with Crippen LogP contribution in [0.1, 0.15) is 0 Å². The summed E-state index contributed by atoms with van der Waals surface area (Å²) in [6, 6.07) is 0. The minimum atomic E-state index is 0. The van der Waals surface area contributed by atoms with Crippen molar-refractivity contribution >= 4 is 0 Å². The summed E-state index contributed by atoms with van der Waals surface area (Å²) in [5, 5.41) is 8.74. The first-order valence-electron chi connectivity index (χ1n) is 4.20. The fourth-order valence-electron chi connectivity index (χ4n) is 0.909. The van der Waals surface area contributed by atoms with Crippen LogP contribution in [0.2, 0.25) is 0 Å². The van der Waals surface area contributed by atoms with Crippen molar-refractivity contribution in [2.75, 3.05) is 54.4 Å². The summed E-state index contributed by atoms with van der Waals surface area (Å²) < 4.78 is 0.918. The van der Waals surface area contributed by atoms with Crippen molar-refractivity contribution in [1.82, 2.24) is 0 Å². The highest BCUT2D eigenvalue weighted by Crippen LogP contribution is 1.92. The van der Waals surface area contributed by atoms with Crippen molar-refractivity contribution in [3.8, 4) is 0 Å². The van der Waals surface area contributed by atoms with Gasteiger partial charge in [0.2, 0.25) is 0 Å². The topological polar surface area (TPSA) is 24.7 Å². The summed E-state index contributed by atoms with van der Waals surface area (Å²) in [4.78, 5) is 1.47. The van der Waals surface area contributed by atoms with E-state index in [1.807, 2.05) is 0 Å². The quantitative estimate of drug-likeness (QED) is 0.483. The summed E-state index contributed by atoms with van der Waals surface area (Å²) >= 11 is 0. The lowest BCUT2D eigenvalue weighted by atomic mass is 10.4. The first-order chi connectivity index (χ1) is 4.98. The number of rotatable bonds is 5. The van der Waals surface area contributed by atoms with Gasteiger partial charge in [0.05, 0.1) is 34.8 Å². The Hall–Kier alpha value is 0.840. The van der Waals surface area contributed by atoms with Crippen LogP contribution in [-0.4, -0.2) is 64.0 Å². The molecule has 0 aromatic heterocycles. The third-order valence-corrected chi connectivity index (χ3v) is 1.92. The highest BCUT2D eigenvalue weighted by molar-refractivity contribution is 4.30. The second-order valence-electron chi connectivity index (χ2n) is 4.06. The summed E-state index contributed by atoms with van der Waals surface area (Å²) in [5.41, 5.74) is 0. The van der Waals surface area contributed by atoms with Crippen molar-refractivity contribution in [1.29, 1.82) is 0 Å². The minimum Gasteiger partial charge on any atom is -1.00 e. The Morgan fingerprint density at radius 3 is 1.85 bits per heavy atom. The van der Waals surface area contributed by atoms with E-state index in [0.29, 0.717) is 0 Å². The zero-order valence-corrected chi connectivity index (χ0v) is 12.2. The second kappa shape index (κ2) is 9.40. The standard InChI is InChI=1S/C8H21N2O.2BrH/c1-9(2)5-6-10(3,4)7-8-11;;/h11H,5-8H2,1-4H3;2*1H/q+1;;/p-1. The molecule has 0 aliphatic rings.